The lowest BCUT2D eigenvalue weighted by atomic mass is 10.2. The Morgan fingerprint density at radius 3 is 1.27 bits per heavy atom. The highest BCUT2D eigenvalue weighted by atomic mass is 15.1. The molecule has 0 fully saturated rings. The third kappa shape index (κ3) is 3.73. The summed E-state index contributed by atoms with van der Waals surface area (Å²) < 4.78 is 0. The third-order valence-corrected chi connectivity index (χ3v) is 2.97. The van der Waals surface area contributed by atoms with Gasteiger partial charge in [-0.1, -0.05) is 26.0 Å². The Labute approximate surface area is 131 Å². The van der Waals surface area contributed by atoms with E-state index in [-0.39, 0.29) is 0 Å². The van der Waals surface area contributed by atoms with Crippen LogP contribution in [0.5, 0.6) is 0 Å². The summed E-state index contributed by atoms with van der Waals surface area (Å²) in [5.41, 5.74) is 5.14. The van der Waals surface area contributed by atoms with Gasteiger partial charge in [0.25, 0.3) is 0 Å². The maximum absolute atomic E-state index is 4.44. The van der Waals surface area contributed by atoms with Gasteiger partial charge in [-0.05, 0) is 50.2 Å². The van der Waals surface area contributed by atoms with Crippen LogP contribution in [-0.4, -0.2) is 20.2 Å². The highest BCUT2D eigenvalue weighted by Crippen LogP contribution is 2.18. The molecule has 112 valence electrons. The minimum absolute atomic E-state index is 0.769. The van der Waals surface area contributed by atoms with E-state index in [1.165, 1.54) is 0 Å². The molecule has 0 bridgehead atoms. The monoisotopic (exact) mass is 292 g/mol. The molecule has 3 rings (SSSR count). The molecule has 3 aromatic rings. The highest BCUT2D eigenvalue weighted by molar-refractivity contribution is 5.59. The van der Waals surface area contributed by atoms with E-state index in [9.17, 15) is 0 Å². The zero-order valence-corrected chi connectivity index (χ0v) is 13.4. The maximum atomic E-state index is 4.44. The molecule has 3 heterocycles. The molecule has 3 aromatic heterocycles. The van der Waals surface area contributed by atoms with E-state index < -0.39 is 0 Å². The van der Waals surface area contributed by atoms with Crippen molar-refractivity contribution in [3.63, 3.8) is 0 Å². The van der Waals surface area contributed by atoms with Crippen LogP contribution >= 0.6 is 0 Å². The molecule has 0 amide bonds. The molecule has 0 saturated heterocycles. The lowest BCUT2D eigenvalue weighted by molar-refractivity contribution is 1.02. The average molecular weight is 292 g/mol. The Hall–Kier alpha value is -2.62. The molecule has 0 atom stereocenters. The Morgan fingerprint density at radius 2 is 0.955 bits per heavy atom. The molecule has 22 heavy (non-hydrogen) atoms. The van der Waals surface area contributed by atoms with Crippen LogP contribution in [0.2, 0.25) is 0 Å². The topological polar surface area (TPSA) is 51.6 Å². The van der Waals surface area contributed by atoms with Gasteiger partial charge >= 0.3 is 0 Å². The van der Waals surface area contributed by atoms with Crippen molar-refractivity contribution >= 4 is 0 Å². The summed E-state index contributed by atoms with van der Waals surface area (Å²) in [6, 6.07) is 15.6. The number of hydrogen-bond acceptors (Lipinski definition) is 4. The smallest absolute Gasteiger partial charge is 0.111 e. The first-order chi connectivity index (χ1) is 10.7. The molecule has 0 unspecified atom stereocenters. The second-order valence-corrected chi connectivity index (χ2v) is 4.63. The fourth-order valence-corrected chi connectivity index (χ4v) is 1.98. The van der Waals surface area contributed by atoms with Gasteiger partial charge in [-0.2, -0.15) is 0 Å². The van der Waals surface area contributed by atoms with Crippen molar-refractivity contribution in [3.05, 3.63) is 59.9 Å². The molecule has 0 saturated carbocycles. The van der Waals surface area contributed by atoms with Gasteiger partial charge in [-0.25, -0.2) is 0 Å². The van der Waals surface area contributed by atoms with Crippen LogP contribution in [0.3, 0.4) is 0 Å². The number of aryl methyl sites for hydroxylation is 2. The molecule has 0 aliphatic heterocycles. The molecule has 4 heteroatoms. The Morgan fingerprint density at radius 1 is 0.545 bits per heavy atom. The van der Waals surface area contributed by atoms with Gasteiger partial charge in [-0.3, -0.25) is 9.97 Å². The van der Waals surface area contributed by atoms with Crippen LogP contribution in [0.15, 0.2) is 48.5 Å². The Kier molecular flexibility index (Phi) is 5.31. The molecular formula is C18H20N4. The quantitative estimate of drug-likeness (QED) is 0.708. The second kappa shape index (κ2) is 7.41. The molecule has 0 radical (unpaired) electrons. The van der Waals surface area contributed by atoms with Crippen molar-refractivity contribution in [3.8, 4) is 22.8 Å². The minimum Gasteiger partial charge on any atom is -0.251 e. The lowest BCUT2D eigenvalue weighted by Gasteiger charge is -2.03. The summed E-state index contributed by atoms with van der Waals surface area (Å²) >= 11 is 0. The fourth-order valence-electron chi connectivity index (χ4n) is 1.98. The van der Waals surface area contributed by atoms with Crippen LogP contribution in [0.25, 0.3) is 22.8 Å². The molecule has 0 aromatic carbocycles. The van der Waals surface area contributed by atoms with E-state index in [2.05, 4.69) is 20.2 Å². The van der Waals surface area contributed by atoms with Crippen molar-refractivity contribution in [2.75, 3.05) is 0 Å². The van der Waals surface area contributed by atoms with Crippen LogP contribution in [0, 0.1) is 13.8 Å². The minimum atomic E-state index is 0.769. The van der Waals surface area contributed by atoms with Crippen LogP contribution in [0.4, 0.5) is 0 Å². The van der Waals surface area contributed by atoms with Gasteiger partial charge < -0.3 is 0 Å². The van der Waals surface area contributed by atoms with Gasteiger partial charge in [0.15, 0.2) is 0 Å². The summed E-state index contributed by atoms with van der Waals surface area (Å²) in [6.45, 7) is 7.92. The standard InChI is InChI=1S/C16H14N4.C2H6/c1-11-5-3-7-13(17-11)15-9-10-16(20-19-15)14-8-4-6-12(2)18-14;1-2/h3-10H,1-2H3;1-2H3. The first-order valence-corrected chi connectivity index (χ1v) is 7.44. The molecule has 0 aliphatic rings. The van der Waals surface area contributed by atoms with Crippen molar-refractivity contribution < 1.29 is 0 Å². The average Bonchev–Trinajstić information content (AvgIpc) is 2.57. The fraction of sp³-hybridized carbons (Fsp3) is 0.222. The third-order valence-electron chi connectivity index (χ3n) is 2.97. The van der Waals surface area contributed by atoms with E-state index in [4.69, 9.17) is 0 Å². The van der Waals surface area contributed by atoms with E-state index in [0.717, 1.165) is 34.2 Å². The normalized spacial score (nSPS) is 9.82. The van der Waals surface area contributed by atoms with Crippen molar-refractivity contribution in [1.29, 1.82) is 0 Å². The van der Waals surface area contributed by atoms with Crippen LogP contribution in [0.1, 0.15) is 25.2 Å². The molecular weight excluding hydrogens is 272 g/mol. The Balaban J connectivity index is 0.000000847. The van der Waals surface area contributed by atoms with Crippen molar-refractivity contribution in [2.45, 2.75) is 27.7 Å². The summed E-state index contributed by atoms with van der Waals surface area (Å²) in [7, 11) is 0. The molecule has 4 nitrogen and oxygen atoms in total. The zero-order chi connectivity index (χ0) is 15.9. The predicted molar refractivity (Wildman–Crippen MR) is 89.3 cm³/mol. The van der Waals surface area contributed by atoms with Crippen LogP contribution < -0.4 is 0 Å². The summed E-state index contributed by atoms with van der Waals surface area (Å²) in [6.07, 6.45) is 0. The molecule has 0 aliphatic carbocycles. The molecule has 0 spiro atoms. The zero-order valence-electron chi connectivity index (χ0n) is 13.4. The molecule has 0 N–H and O–H groups in total. The first kappa shape index (κ1) is 15.8. The first-order valence-electron chi connectivity index (χ1n) is 7.44. The Bertz CT molecular complexity index is 672. The number of rotatable bonds is 2. The van der Waals surface area contributed by atoms with Gasteiger partial charge in [0.1, 0.15) is 11.4 Å². The van der Waals surface area contributed by atoms with Gasteiger partial charge in [0, 0.05) is 11.4 Å². The predicted octanol–water partition coefficient (Wildman–Crippen LogP) is 4.24. The van der Waals surface area contributed by atoms with Gasteiger partial charge in [-0.15, -0.1) is 10.2 Å². The summed E-state index contributed by atoms with van der Waals surface area (Å²) in [5, 5.41) is 8.49. The van der Waals surface area contributed by atoms with E-state index in [1.54, 1.807) is 0 Å². The van der Waals surface area contributed by atoms with Crippen molar-refractivity contribution in [2.24, 2.45) is 0 Å². The van der Waals surface area contributed by atoms with Gasteiger partial charge in [0.2, 0.25) is 0 Å². The highest BCUT2D eigenvalue weighted by Gasteiger charge is 2.05. The van der Waals surface area contributed by atoms with E-state index in [1.807, 2.05) is 76.2 Å². The summed E-state index contributed by atoms with van der Waals surface area (Å²) in [5.74, 6) is 0. The number of nitrogens with zero attached hydrogens (tertiary/aromatic N) is 4. The number of aromatic nitrogens is 4. The van der Waals surface area contributed by atoms with Gasteiger partial charge in [0.05, 0.1) is 11.4 Å². The summed E-state index contributed by atoms with van der Waals surface area (Å²) in [4.78, 5) is 8.88. The maximum Gasteiger partial charge on any atom is 0.111 e. The lowest BCUT2D eigenvalue weighted by Crippen LogP contribution is -1.95. The number of pyridine rings is 2. The van der Waals surface area contributed by atoms with E-state index in [0.29, 0.717) is 0 Å². The SMILES string of the molecule is CC.Cc1cccc(-c2ccc(-c3cccc(C)n3)nn2)n1. The largest absolute Gasteiger partial charge is 0.251 e. The van der Waals surface area contributed by atoms with Crippen molar-refractivity contribution in [1.82, 2.24) is 20.2 Å². The number of hydrogen-bond donors (Lipinski definition) is 0. The van der Waals surface area contributed by atoms with E-state index >= 15 is 0 Å². The second-order valence-electron chi connectivity index (χ2n) is 4.63. The van der Waals surface area contributed by atoms with Crippen LogP contribution in [-0.2, 0) is 0 Å².